The van der Waals surface area contributed by atoms with Crippen molar-refractivity contribution in [2.24, 2.45) is 5.92 Å². The van der Waals surface area contributed by atoms with Gasteiger partial charge in [0.05, 0.1) is 0 Å². The van der Waals surface area contributed by atoms with Crippen molar-refractivity contribution < 1.29 is 4.74 Å². The number of hydrogen-bond donors (Lipinski definition) is 1. The quantitative estimate of drug-likeness (QED) is 0.711. The van der Waals surface area contributed by atoms with Crippen molar-refractivity contribution in [1.82, 2.24) is 5.32 Å². The molecular weight excluding hydrogens is 222 g/mol. The van der Waals surface area contributed by atoms with E-state index in [9.17, 15) is 0 Å². The zero-order valence-corrected chi connectivity index (χ0v) is 11.6. The van der Waals surface area contributed by atoms with Gasteiger partial charge in [0.2, 0.25) is 0 Å². The van der Waals surface area contributed by atoms with Crippen molar-refractivity contribution in [2.45, 2.75) is 45.6 Å². The zero-order valence-electron chi connectivity index (χ0n) is 11.6. The number of nitrogens with one attached hydrogen (secondary N) is 1. The molecule has 0 amide bonds. The Balaban J connectivity index is 1.63. The molecule has 1 aromatic rings. The fraction of sp³-hybridized carbons (Fsp3) is 0.625. The lowest BCUT2D eigenvalue weighted by Gasteiger charge is -2.13. The highest BCUT2D eigenvalue weighted by molar-refractivity contribution is 5.27. The van der Waals surface area contributed by atoms with Crippen LogP contribution in [-0.2, 0) is 6.42 Å². The van der Waals surface area contributed by atoms with Gasteiger partial charge in [-0.05, 0) is 49.8 Å². The average molecular weight is 247 g/mol. The molecule has 0 radical (unpaired) electrons. The third-order valence-corrected chi connectivity index (χ3v) is 3.63. The first-order valence-electron chi connectivity index (χ1n) is 7.24. The Morgan fingerprint density at radius 2 is 2.00 bits per heavy atom. The van der Waals surface area contributed by atoms with Gasteiger partial charge >= 0.3 is 0 Å². The molecule has 0 saturated heterocycles. The largest absolute Gasteiger partial charge is 0.492 e. The average Bonchev–Trinajstić information content (AvgIpc) is 3.21. The highest BCUT2D eigenvalue weighted by Crippen LogP contribution is 2.32. The van der Waals surface area contributed by atoms with Gasteiger partial charge in [-0.2, -0.15) is 0 Å². The molecule has 0 bridgehead atoms. The molecule has 1 aromatic carbocycles. The van der Waals surface area contributed by atoms with Crippen LogP contribution >= 0.6 is 0 Å². The van der Waals surface area contributed by atoms with Crippen molar-refractivity contribution in [2.75, 3.05) is 13.2 Å². The molecule has 1 aliphatic rings. The van der Waals surface area contributed by atoms with Gasteiger partial charge in [-0.15, -0.1) is 0 Å². The van der Waals surface area contributed by atoms with E-state index >= 15 is 0 Å². The monoisotopic (exact) mass is 247 g/mol. The summed E-state index contributed by atoms with van der Waals surface area (Å²) in [4.78, 5) is 0. The summed E-state index contributed by atoms with van der Waals surface area (Å²) in [5.74, 6) is 1.90. The summed E-state index contributed by atoms with van der Waals surface area (Å²) in [6.45, 7) is 6.17. The molecule has 1 unspecified atom stereocenters. The van der Waals surface area contributed by atoms with Crippen LogP contribution in [0.2, 0.25) is 0 Å². The lowest BCUT2D eigenvalue weighted by molar-refractivity contribution is 0.303. The van der Waals surface area contributed by atoms with Gasteiger partial charge < -0.3 is 10.1 Å². The first-order valence-corrected chi connectivity index (χ1v) is 7.24. The molecule has 18 heavy (non-hydrogen) atoms. The van der Waals surface area contributed by atoms with E-state index in [2.05, 4.69) is 43.4 Å². The SMILES string of the molecule is CCCc1ccc(OCCNC(C)C2CC2)cc1. The molecular formula is C16H25NO. The number of ether oxygens (including phenoxy) is 1. The van der Waals surface area contributed by atoms with E-state index in [1.165, 1.54) is 24.8 Å². The summed E-state index contributed by atoms with van der Waals surface area (Å²) < 4.78 is 5.73. The van der Waals surface area contributed by atoms with Crippen LogP contribution < -0.4 is 10.1 Å². The molecule has 2 nitrogen and oxygen atoms in total. The molecule has 1 aliphatic carbocycles. The lowest BCUT2D eigenvalue weighted by atomic mass is 10.1. The van der Waals surface area contributed by atoms with Crippen molar-refractivity contribution in [3.63, 3.8) is 0 Å². The van der Waals surface area contributed by atoms with Gasteiger partial charge in [0, 0.05) is 12.6 Å². The first kappa shape index (κ1) is 13.4. The molecule has 1 fully saturated rings. The molecule has 0 aromatic heterocycles. The maximum atomic E-state index is 5.73. The topological polar surface area (TPSA) is 21.3 Å². The Morgan fingerprint density at radius 3 is 2.61 bits per heavy atom. The zero-order chi connectivity index (χ0) is 12.8. The highest BCUT2D eigenvalue weighted by atomic mass is 16.5. The summed E-state index contributed by atoms with van der Waals surface area (Å²) in [6, 6.07) is 9.14. The van der Waals surface area contributed by atoms with Crippen LogP contribution in [0.25, 0.3) is 0 Å². The number of hydrogen-bond acceptors (Lipinski definition) is 2. The van der Waals surface area contributed by atoms with E-state index in [-0.39, 0.29) is 0 Å². The summed E-state index contributed by atoms with van der Waals surface area (Å²) in [5.41, 5.74) is 1.39. The first-order chi connectivity index (χ1) is 8.79. The third-order valence-electron chi connectivity index (χ3n) is 3.63. The molecule has 2 rings (SSSR count). The van der Waals surface area contributed by atoms with E-state index in [1.54, 1.807) is 0 Å². The van der Waals surface area contributed by atoms with Gasteiger partial charge in [0.1, 0.15) is 12.4 Å². The molecule has 0 spiro atoms. The van der Waals surface area contributed by atoms with Crippen molar-refractivity contribution in [1.29, 1.82) is 0 Å². The van der Waals surface area contributed by atoms with Crippen LogP contribution in [0.4, 0.5) is 0 Å². The molecule has 2 heteroatoms. The van der Waals surface area contributed by atoms with Gasteiger partial charge in [0.15, 0.2) is 0 Å². The van der Waals surface area contributed by atoms with Crippen LogP contribution in [0.3, 0.4) is 0 Å². The minimum Gasteiger partial charge on any atom is -0.492 e. The summed E-state index contributed by atoms with van der Waals surface area (Å²) >= 11 is 0. The van der Waals surface area contributed by atoms with Gasteiger partial charge in [-0.3, -0.25) is 0 Å². The number of benzene rings is 1. The molecule has 100 valence electrons. The second kappa shape index (κ2) is 6.79. The Morgan fingerprint density at radius 1 is 1.28 bits per heavy atom. The van der Waals surface area contributed by atoms with Crippen LogP contribution in [-0.4, -0.2) is 19.2 Å². The molecule has 1 saturated carbocycles. The van der Waals surface area contributed by atoms with E-state index in [0.29, 0.717) is 6.04 Å². The standard InChI is InChI=1S/C16H25NO/c1-3-4-14-5-9-16(10-6-14)18-12-11-17-13(2)15-7-8-15/h5-6,9-10,13,15,17H,3-4,7-8,11-12H2,1-2H3. The Labute approximate surface area is 111 Å². The molecule has 1 atom stereocenters. The maximum Gasteiger partial charge on any atom is 0.119 e. The van der Waals surface area contributed by atoms with Gasteiger partial charge in [0.25, 0.3) is 0 Å². The lowest BCUT2D eigenvalue weighted by Crippen LogP contribution is -2.31. The van der Waals surface area contributed by atoms with Gasteiger partial charge in [-0.1, -0.05) is 25.5 Å². The predicted octanol–water partition coefficient (Wildman–Crippen LogP) is 3.41. The minimum absolute atomic E-state index is 0.653. The molecule has 1 N–H and O–H groups in total. The van der Waals surface area contributed by atoms with Crippen molar-refractivity contribution in [3.05, 3.63) is 29.8 Å². The molecule has 0 heterocycles. The fourth-order valence-corrected chi connectivity index (χ4v) is 2.26. The maximum absolute atomic E-state index is 5.73. The van der Waals surface area contributed by atoms with Crippen LogP contribution in [0, 0.1) is 5.92 Å². The smallest absolute Gasteiger partial charge is 0.119 e. The van der Waals surface area contributed by atoms with Crippen molar-refractivity contribution in [3.8, 4) is 5.75 Å². The summed E-state index contributed by atoms with van der Waals surface area (Å²) in [5, 5.41) is 3.52. The number of rotatable bonds is 8. The Kier molecular flexibility index (Phi) is 5.06. The van der Waals surface area contributed by atoms with Crippen LogP contribution in [0.5, 0.6) is 5.75 Å². The molecule has 0 aliphatic heterocycles. The van der Waals surface area contributed by atoms with Crippen LogP contribution in [0.1, 0.15) is 38.7 Å². The predicted molar refractivity (Wildman–Crippen MR) is 76.1 cm³/mol. The van der Waals surface area contributed by atoms with E-state index in [4.69, 9.17) is 4.74 Å². The Bertz CT molecular complexity index is 343. The summed E-state index contributed by atoms with van der Waals surface area (Å²) in [6.07, 6.45) is 5.14. The summed E-state index contributed by atoms with van der Waals surface area (Å²) in [7, 11) is 0. The normalized spacial score (nSPS) is 16.6. The van der Waals surface area contributed by atoms with E-state index < -0.39 is 0 Å². The highest BCUT2D eigenvalue weighted by Gasteiger charge is 2.27. The fourth-order valence-electron chi connectivity index (χ4n) is 2.26. The third kappa shape index (κ3) is 4.34. The second-order valence-corrected chi connectivity index (χ2v) is 5.32. The van der Waals surface area contributed by atoms with Crippen LogP contribution in [0.15, 0.2) is 24.3 Å². The van der Waals surface area contributed by atoms with E-state index in [0.717, 1.165) is 31.2 Å². The minimum atomic E-state index is 0.653. The van der Waals surface area contributed by atoms with E-state index in [1.807, 2.05) is 0 Å². The second-order valence-electron chi connectivity index (χ2n) is 5.32. The van der Waals surface area contributed by atoms with Gasteiger partial charge in [-0.25, -0.2) is 0 Å². The Hall–Kier alpha value is -1.02. The van der Waals surface area contributed by atoms with Crippen molar-refractivity contribution >= 4 is 0 Å². The number of aryl methyl sites for hydroxylation is 1.